The summed E-state index contributed by atoms with van der Waals surface area (Å²) in [6, 6.07) is 0. The van der Waals surface area contributed by atoms with E-state index in [1.807, 2.05) is 6.08 Å². The number of carbonyl (C=O) groups is 1. The fourth-order valence-electron chi connectivity index (χ4n) is 2.72. The summed E-state index contributed by atoms with van der Waals surface area (Å²) in [5.41, 5.74) is 2.21. The quantitative estimate of drug-likeness (QED) is 0.598. The summed E-state index contributed by atoms with van der Waals surface area (Å²) < 4.78 is 0. The van der Waals surface area contributed by atoms with E-state index in [0.29, 0.717) is 18.0 Å². The summed E-state index contributed by atoms with van der Waals surface area (Å²) in [4.78, 5) is 19.5. The maximum Gasteiger partial charge on any atom is 0.303 e. The second-order valence-corrected chi connectivity index (χ2v) is 6.22. The molecule has 0 aliphatic carbocycles. The number of piperidine rings is 1. The molecule has 1 aromatic heterocycles. The molecule has 0 saturated carbocycles. The molecule has 0 radical (unpaired) electrons. The van der Waals surface area contributed by atoms with Crippen molar-refractivity contribution in [3.05, 3.63) is 49.0 Å². The maximum absolute atomic E-state index is 10.7. The summed E-state index contributed by atoms with van der Waals surface area (Å²) in [6.07, 6.45) is 9.68. The smallest absolute Gasteiger partial charge is 0.303 e. The van der Waals surface area contributed by atoms with Crippen molar-refractivity contribution in [3.8, 4) is 0 Å². The van der Waals surface area contributed by atoms with Crippen LogP contribution in [-0.2, 0) is 4.79 Å². The first kappa shape index (κ1) is 18.9. The van der Waals surface area contributed by atoms with Crippen molar-refractivity contribution in [2.45, 2.75) is 25.7 Å². The molecule has 6 nitrogen and oxygen atoms in total. The third-order valence-electron chi connectivity index (χ3n) is 4.20. The number of nitrogens with zero attached hydrogens (tertiary/aromatic N) is 2. The van der Waals surface area contributed by atoms with Gasteiger partial charge in [0, 0.05) is 18.5 Å². The number of aromatic nitrogens is 2. The van der Waals surface area contributed by atoms with Gasteiger partial charge in [-0.25, -0.2) is 4.98 Å². The van der Waals surface area contributed by atoms with Gasteiger partial charge in [-0.3, -0.25) is 9.78 Å². The number of hydrogen-bond acceptors (Lipinski definition) is 5. The van der Waals surface area contributed by atoms with E-state index in [1.165, 1.54) is 12.8 Å². The highest BCUT2D eigenvalue weighted by atomic mass is 16.4. The maximum atomic E-state index is 10.7. The van der Waals surface area contributed by atoms with Crippen molar-refractivity contribution >= 4 is 17.4 Å². The van der Waals surface area contributed by atoms with Gasteiger partial charge in [0.05, 0.1) is 18.1 Å². The van der Waals surface area contributed by atoms with Gasteiger partial charge in [0.15, 0.2) is 0 Å². The van der Waals surface area contributed by atoms with E-state index in [2.05, 4.69) is 33.8 Å². The van der Waals surface area contributed by atoms with Gasteiger partial charge in [-0.1, -0.05) is 30.9 Å². The Bertz CT molecular complexity index is 649. The van der Waals surface area contributed by atoms with Crippen LogP contribution in [-0.4, -0.2) is 40.7 Å². The lowest BCUT2D eigenvalue weighted by atomic mass is 9.98. The first-order chi connectivity index (χ1) is 12.1. The number of anilines is 1. The molecule has 1 aliphatic rings. The number of rotatable bonds is 9. The lowest BCUT2D eigenvalue weighted by Crippen LogP contribution is -2.31. The predicted octanol–water partition coefficient (Wildman–Crippen LogP) is 2.88. The van der Waals surface area contributed by atoms with E-state index in [1.54, 1.807) is 18.5 Å². The summed E-state index contributed by atoms with van der Waals surface area (Å²) >= 11 is 0. The molecular formula is C19H26N4O2. The molecule has 0 unspecified atom stereocenters. The van der Waals surface area contributed by atoms with Crippen LogP contribution in [0, 0.1) is 5.92 Å². The van der Waals surface area contributed by atoms with E-state index < -0.39 is 5.97 Å². The Morgan fingerprint density at radius 2 is 2.12 bits per heavy atom. The van der Waals surface area contributed by atoms with Gasteiger partial charge >= 0.3 is 5.97 Å². The molecule has 2 heterocycles. The number of carboxylic acid groups (broad SMARTS) is 1. The predicted molar refractivity (Wildman–Crippen MR) is 100 cm³/mol. The van der Waals surface area contributed by atoms with Crippen molar-refractivity contribution < 1.29 is 9.90 Å². The Kier molecular flexibility index (Phi) is 7.35. The molecule has 6 heteroatoms. The number of nitrogens with one attached hydrogen (secondary N) is 2. The average Bonchev–Trinajstić information content (AvgIpc) is 2.64. The molecule has 134 valence electrons. The zero-order chi connectivity index (χ0) is 18.1. The van der Waals surface area contributed by atoms with Crippen molar-refractivity contribution in [2.24, 2.45) is 5.92 Å². The first-order valence-corrected chi connectivity index (χ1v) is 8.59. The van der Waals surface area contributed by atoms with Gasteiger partial charge in [-0.15, -0.1) is 0 Å². The Labute approximate surface area is 148 Å². The molecule has 3 N–H and O–H groups in total. The van der Waals surface area contributed by atoms with E-state index >= 15 is 0 Å². The Hall–Kier alpha value is -2.47. The molecule has 0 spiro atoms. The summed E-state index contributed by atoms with van der Waals surface area (Å²) in [6.45, 7) is 10.7. The summed E-state index contributed by atoms with van der Waals surface area (Å²) in [5, 5.41) is 15.5. The summed E-state index contributed by atoms with van der Waals surface area (Å²) in [5.74, 6) is 0.551. The zero-order valence-electron chi connectivity index (χ0n) is 14.5. The second kappa shape index (κ2) is 9.74. The lowest BCUT2D eigenvalue weighted by Gasteiger charge is -2.22. The highest BCUT2D eigenvalue weighted by molar-refractivity contribution is 5.74. The van der Waals surface area contributed by atoms with Gasteiger partial charge < -0.3 is 15.7 Å². The SMILES string of the molecule is C=C/C(=C\C(=C)CCC(=O)O)c1cncc(NCC2CCNCC2)n1. The van der Waals surface area contributed by atoms with Gasteiger partial charge in [-0.2, -0.15) is 0 Å². The average molecular weight is 342 g/mol. The Morgan fingerprint density at radius 1 is 1.36 bits per heavy atom. The van der Waals surface area contributed by atoms with Crippen LogP contribution in [0.5, 0.6) is 0 Å². The number of hydrogen-bond donors (Lipinski definition) is 3. The number of carboxylic acids is 1. The molecule has 0 bridgehead atoms. The van der Waals surface area contributed by atoms with E-state index in [4.69, 9.17) is 5.11 Å². The third-order valence-corrected chi connectivity index (χ3v) is 4.20. The molecule has 0 amide bonds. The normalized spacial score (nSPS) is 15.6. The van der Waals surface area contributed by atoms with Crippen LogP contribution >= 0.6 is 0 Å². The van der Waals surface area contributed by atoms with E-state index in [0.717, 1.165) is 36.6 Å². The number of allylic oxidation sites excluding steroid dienone is 4. The molecule has 0 aromatic carbocycles. The van der Waals surface area contributed by atoms with Crippen molar-refractivity contribution in [3.63, 3.8) is 0 Å². The van der Waals surface area contributed by atoms with Crippen molar-refractivity contribution in [1.29, 1.82) is 0 Å². The molecule has 1 aromatic rings. The van der Waals surface area contributed by atoms with Crippen molar-refractivity contribution in [1.82, 2.24) is 15.3 Å². The van der Waals surface area contributed by atoms with E-state index in [9.17, 15) is 4.79 Å². The standard InChI is InChI=1S/C19H26N4O2/c1-3-16(10-14(2)4-5-19(24)25)17-12-21-13-18(23-17)22-11-15-6-8-20-9-7-15/h3,10,12-13,15,20H,1-2,4-9,11H2,(H,22,23)(H,24,25)/b16-10+. The third kappa shape index (κ3) is 6.51. The topological polar surface area (TPSA) is 87.1 Å². The highest BCUT2D eigenvalue weighted by Crippen LogP contribution is 2.19. The lowest BCUT2D eigenvalue weighted by molar-refractivity contribution is -0.136. The zero-order valence-corrected chi connectivity index (χ0v) is 14.5. The minimum absolute atomic E-state index is 0.0588. The molecule has 1 saturated heterocycles. The molecule has 25 heavy (non-hydrogen) atoms. The fourth-order valence-corrected chi connectivity index (χ4v) is 2.72. The van der Waals surface area contributed by atoms with Crippen LogP contribution in [0.15, 0.2) is 43.3 Å². The van der Waals surface area contributed by atoms with Crippen LogP contribution in [0.25, 0.3) is 5.57 Å². The van der Waals surface area contributed by atoms with E-state index in [-0.39, 0.29) is 6.42 Å². The van der Waals surface area contributed by atoms with Crippen LogP contribution in [0.3, 0.4) is 0 Å². The molecule has 2 rings (SSSR count). The van der Waals surface area contributed by atoms with Gasteiger partial charge in [0.25, 0.3) is 0 Å². The van der Waals surface area contributed by atoms with Gasteiger partial charge in [0.2, 0.25) is 0 Å². The minimum atomic E-state index is -0.835. The summed E-state index contributed by atoms with van der Waals surface area (Å²) in [7, 11) is 0. The Balaban J connectivity index is 2.00. The van der Waals surface area contributed by atoms with Crippen molar-refractivity contribution in [2.75, 3.05) is 25.0 Å². The molecular weight excluding hydrogens is 316 g/mol. The minimum Gasteiger partial charge on any atom is -0.481 e. The largest absolute Gasteiger partial charge is 0.481 e. The molecule has 1 fully saturated rings. The van der Waals surface area contributed by atoms with Gasteiger partial charge in [0.1, 0.15) is 5.82 Å². The van der Waals surface area contributed by atoms with Crippen LogP contribution in [0.2, 0.25) is 0 Å². The molecule has 0 atom stereocenters. The monoisotopic (exact) mass is 342 g/mol. The number of aliphatic carboxylic acids is 1. The second-order valence-electron chi connectivity index (χ2n) is 6.22. The van der Waals surface area contributed by atoms with Gasteiger partial charge in [-0.05, 0) is 38.3 Å². The Morgan fingerprint density at radius 3 is 2.80 bits per heavy atom. The van der Waals surface area contributed by atoms with Crippen LogP contribution < -0.4 is 10.6 Å². The molecule has 1 aliphatic heterocycles. The first-order valence-electron chi connectivity index (χ1n) is 8.59. The van der Waals surface area contributed by atoms with Crippen LogP contribution in [0.1, 0.15) is 31.4 Å². The fraction of sp³-hybridized carbons (Fsp3) is 0.421. The van der Waals surface area contributed by atoms with Crippen LogP contribution in [0.4, 0.5) is 5.82 Å². The highest BCUT2D eigenvalue weighted by Gasteiger charge is 2.13.